The van der Waals surface area contributed by atoms with Crippen LogP contribution in [0.2, 0.25) is 0 Å². The predicted octanol–water partition coefficient (Wildman–Crippen LogP) is 2.89. The van der Waals surface area contributed by atoms with Crippen molar-refractivity contribution in [3.8, 4) is 0 Å². The summed E-state index contributed by atoms with van der Waals surface area (Å²) in [7, 11) is 0. The lowest BCUT2D eigenvalue weighted by Gasteiger charge is -2.26. The van der Waals surface area contributed by atoms with Crippen molar-refractivity contribution in [2.45, 2.75) is 52.1 Å². The Bertz CT molecular complexity index is 225. The summed E-state index contributed by atoms with van der Waals surface area (Å²) in [5.74, 6) is 1.40. The number of aliphatic hydroxyl groups is 1. The number of aliphatic hydroxyl groups excluding tert-OH is 1. The zero-order chi connectivity index (χ0) is 9.42. The molecule has 0 saturated heterocycles. The maximum Gasteiger partial charge on any atom is 0.0783 e. The van der Waals surface area contributed by atoms with Gasteiger partial charge in [-0.05, 0) is 50.5 Å². The molecule has 2 aliphatic carbocycles. The lowest BCUT2D eigenvalue weighted by atomic mass is 9.81. The SMILES string of the molecule is CC(C)=C1CC2CCCCC2C1O. The molecule has 0 heterocycles. The average Bonchev–Trinajstić information content (AvgIpc) is 2.45. The Hall–Kier alpha value is -0.300. The highest BCUT2D eigenvalue weighted by molar-refractivity contribution is 5.22. The molecule has 0 aromatic heterocycles. The van der Waals surface area contributed by atoms with Crippen molar-refractivity contribution in [1.29, 1.82) is 0 Å². The molecule has 2 fully saturated rings. The Kier molecular flexibility index (Phi) is 2.46. The summed E-state index contributed by atoms with van der Waals surface area (Å²) in [6.07, 6.45) is 6.38. The smallest absolute Gasteiger partial charge is 0.0783 e. The van der Waals surface area contributed by atoms with Crippen LogP contribution in [0.4, 0.5) is 0 Å². The molecule has 74 valence electrons. The first-order valence-electron chi connectivity index (χ1n) is 5.54. The Labute approximate surface area is 80.8 Å². The van der Waals surface area contributed by atoms with Crippen molar-refractivity contribution in [3.05, 3.63) is 11.1 Å². The zero-order valence-corrected chi connectivity index (χ0v) is 8.71. The second-order valence-corrected chi connectivity index (χ2v) is 4.88. The van der Waals surface area contributed by atoms with Gasteiger partial charge in [0.05, 0.1) is 6.10 Å². The molecular formula is C12H20O. The lowest BCUT2D eigenvalue weighted by molar-refractivity contribution is 0.113. The number of allylic oxidation sites excluding steroid dienone is 1. The molecule has 0 aromatic carbocycles. The minimum absolute atomic E-state index is 0.102. The van der Waals surface area contributed by atoms with Gasteiger partial charge in [0, 0.05) is 0 Å². The quantitative estimate of drug-likeness (QED) is 0.568. The van der Waals surface area contributed by atoms with E-state index in [4.69, 9.17) is 0 Å². The van der Waals surface area contributed by atoms with Crippen molar-refractivity contribution in [2.75, 3.05) is 0 Å². The largest absolute Gasteiger partial charge is 0.388 e. The molecule has 0 amide bonds. The van der Waals surface area contributed by atoms with Crippen LogP contribution in [0.1, 0.15) is 46.0 Å². The normalized spacial score (nSPS) is 39.0. The summed E-state index contributed by atoms with van der Waals surface area (Å²) in [6.45, 7) is 4.27. The van der Waals surface area contributed by atoms with Gasteiger partial charge in [0.15, 0.2) is 0 Å². The predicted molar refractivity (Wildman–Crippen MR) is 54.4 cm³/mol. The van der Waals surface area contributed by atoms with E-state index in [9.17, 15) is 5.11 Å². The van der Waals surface area contributed by atoms with Gasteiger partial charge >= 0.3 is 0 Å². The maximum atomic E-state index is 10.1. The standard InChI is InChI=1S/C12H20O/c1-8(2)11-7-9-5-3-4-6-10(9)12(11)13/h9-10,12-13H,3-7H2,1-2H3. The van der Waals surface area contributed by atoms with Crippen molar-refractivity contribution < 1.29 is 5.11 Å². The van der Waals surface area contributed by atoms with E-state index in [1.54, 1.807) is 0 Å². The van der Waals surface area contributed by atoms with Crippen LogP contribution in [-0.4, -0.2) is 11.2 Å². The van der Waals surface area contributed by atoms with Crippen molar-refractivity contribution in [3.63, 3.8) is 0 Å². The Morgan fingerprint density at radius 1 is 1.23 bits per heavy atom. The highest BCUT2D eigenvalue weighted by Gasteiger charge is 2.39. The summed E-state index contributed by atoms with van der Waals surface area (Å²) >= 11 is 0. The molecular weight excluding hydrogens is 160 g/mol. The third-order valence-corrected chi connectivity index (χ3v) is 3.85. The second-order valence-electron chi connectivity index (χ2n) is 4.88. The summed E-state index contributed by atoms with van der Waals surface area (Å²) in [6, 6.07) is 0. The van der Waals surface area contributed by atoms with Gasteiger partial charge in [0.2, 0.25) is 0 Å². The third-order valence-electron chi connectivity index (χ3n) is 3.85. The van der Waals surface area contributed by atoms with Gasteiger partial charge < -0.3 is 5.11 Å². The van der Waals surface area contributed by atoms with Crippen molar-refractivity contribution in [2.24, 2.45) is 11.8 Å². The fourth-order valence-corrected chi connectivity index (χ4v) is 3.07. The molecule has 3 unspecified atom stereocenters. The highest BCUT2D eigenvalue weighted by atomic mass is 16.3. The van der Waals surface area contributed by atoms with Gasteiger partial charge in [-0.1, -0.05) is 18.4 Å². The summed E-state index contributed by atoms with van der Waals surface area (Å²) in [5, 5.41) is 10.1. The van der Waals surface area contributed by atoms with E-state index in [2.05, 4.69) is 13.8 Å². The van der Waals surface area contributed by atoms with Crippen molar-refractivity contribution in [1.82, 2.24) is 0 Å². The fourth-order valence-electron chi connectivity index (χ4n) is 3.07. The van der Waals surface area contributed by atoms with E-state index in [0.717, 1.165) is 5.92 Å². The first kappa shape index (κ1) is 9.26. The molecule has 2 saturated carbocycles. The monoisotopic (exact) mass is 180 g/mol. The van der Waals surface area contributed by atoms with Gasteiger partial charge in [0.1, 0.15) is 0 Å². The Morgan fingerprint density at radius 3 is 2.54 bits per heavy atom. The van der Waals surface area contributed by atoms with Crippen LogP contribution in [0.3, 0.4) is 0 Å². The van der Waals surface area contributed by atoms with E-state index in [1.807, 2.05) is 0 Å². The van der Waals surface area contributed by atoms with Crippen molar-refractivity contribution >= 4 is 0 Å². The van der Waals surface area contributed by atoms with Gasteiger partial charge in [0.25, 0.3) is 0 Å². The number of hydrogen-bond donors (Lipinski definition) is 1. The molecule has 2 aliphatic rings. The lowest BCUT2D eigenvalue weighted by Crippen LogP contribution is -2.22. The minimum Gasteiger partial charge on any atom is -0.388 e. The van der Waals surface area contributed by atoms with Crippen LogP contribution >= 0.6 is 0 Å². The van der Waals surface area contributed by atoms with E-state index in [1.165, 1.54) is 43.3 Å². The van der Waals surface area contributed by atoms with E-state index in [-0.39, 0.29) is 6.10 Å². The minimum atomic E-state index is -0.102. The molecule has 1 N–H and O–H groups in total. The molecule has 3 atom stereocenters. The zero-order valence-electron chi connectivity index (χ0n) is 8.71. The molecule has 0 spiro atoms. The molecule has 1 nitrogen and oxygen atoms in total. The number of rotatable bonds is 0. The van der Waals surface area contributed by atoms with Gasteiger partial charge in [-0.2, -0.15) is 0 Å². The molecule has 0 radical (unpaired) electrons. The van der Waals surface area contributed by atoms with Crippen LogP contribution in [0, 0.1) is 11.8 Å². The Morgan fingerprint density at radius 2 is 1.92 bits per heavy atom. The summed E-state index contributed by atoms with van der Waals surface area (Å²) in [4.78, 5) is 0. The maximum absolute atomic E-state index is 10.1. The second kappa shape index (κ2) is 3.45. The van der Waals surface area contributed by atoms with Crippen LogP contribution in [-0.2, 0) is 0 Å². The third kappa shape index (κ3) is 1.54. The summed E-state index contributed by atoms with van der Waals surface area (Å²) < 4.78 is 0. The molecule has 0 bridgehead atoms. The molecule has 0 aromatic rings. The number of hydrogen-bond acceptors (Lipinski definition) is 1. The van der Waals surface area contributed by atoms with Gasteiger partial charge in [-0.25, -0.2) is 0 Å². The Balaban J connectivity index is 2.19. The van der Waals surface area contributed by atoms with Gasteiger partial charge in [-0.3, -0.25) is 0 Å². The van der Waals surface area contributed by atoms with Crippen LogP contribution in [0.15, 0.2) is 11.1 Å². The van der Waals surface area contributed by atoms with E-state index >= 15 is 0 Å². The summed E-state index contributed by atoms with van der Waals surface area (Å²) in [5.41, 5.74) is 2.69. The molecule has 2 rings (SSSR count). The fraction of sp³-hybridized carbons (Fsp3) is 0.833. The van der Waals surface area contributed by atoms with Gasteiger partial charge in [-0.15, -0.1) is 0 Å². The van der Waals surface area contributed by atoms with Crippen LogP contribution in [0.25, 0.3) is 0 Å². The molecule has 0 aliphatic heterocycles. The average molecular weight is 180 g/mol. The van der Waals surface area contributed by atoms with E-state index in [0.29, 0.717) is 5.92 Å². The molecule has 13 heavy (non-hydrogen) atoms. The highest BCUT2D eigenvalue weighted by Crippen LogP contribution is 2.45. The number of fused-ring (bicyclic) bond motifs is 1. The van der Waals surface area contributed by atoms with E-state index < -0.39 is 0 Å². The van der Waals surface area contributed by atoms with Crippen LogP contribution < -0.4 is 0 Å². The molecule has 1 heteroatoms. The first-order valence-corrected chi connectivity index (χ1v) is 5.54. The first-order chi connectivity index (χ1) is 6.20. The van der Waals surface area contributed by atoms with Crippen LogP contribution in [0.5, 0.6) is 0 Å². The topological polar surface area (TPSA) is 20.2 Å².